The molecule has 0 N–H and O–H groups in total. The van der Waals surface area contributed by atoms with Crippen LogP contribution in [0.25, 0.3) is 0 Å². The van der Waals surface area contributed by atoms with E-state index in [2.05, 4.69) is 26.0 Å². The largest absolute Gasteiger partial charge is 0.462 e. The van der Waals surface area contributed by atoms with Crippen molar-refractivity contribution in [3.8, 4) is 0 Å². The van der Waals surface area contributed by atoms with Crippen molar-refractivity contribution < 1.29 is 9.53 Å². The number of carbonyl (C=O) groups is 1. The summed E-state index contributed by atoms with van der Waals surface area (Å²) in [5.41, 5.74) is 2.12. The molecule has 0 bridgehead atoms. The third-order valence-electron chi connectivity index (χ3n) is 8.38. The minimum Gasteiger partial charge on any atom is -0.462 e. The lowest BCUT2D eigenvalue weighted by Gasteiger charge is -2.38. The van der Waals surface area contributed by atoms with Crippen LogP contribution in [-0.4, -0.2) is 12.6 Å². The van der Waals surface area contributed by atoms with Crippen LogP contribution in [0.1, 0.15) is 138 Å². The van der Waals surface area contributed by atoms with Crippen molar-refractivity contribution in [3.05, 3.63) is 35.4 Å². The van der Waals surface area contributed by atoms with Gasteiger partial charge in [0.05, 0.1) is 12.2 Å². The summed E-state index contributed by atoms with van der Waals surface area (Å²) < 4.78 is 5.49. The normalized spacial score (nSPS) is 26.1. The number of hydrogen-bond acceptors (Lipinski definition) is 2. The van der Waals surface area contributed by atoms with Gasteiger partial charge in [0, 0.05) is 0 Å². The lowest BCUT2D eigenvalue weighted by molar-refractivity contribution is 0.0497. The molecule has 0 heterocycles. The molecule has 0 unspecified atom stereocenters. The van der Waals surface area contributed by atoms with Crippen LogP contribution in [0.4, 0.5) is 0 Å². The summed E-state index contributed by atoms with van der Waals surface area (Å²) >= 11 is 0. The number of hydrogen-bond donors (Lipinski definition) is 0. The molecule has 3 rings (SSSR count). The predicted molar refractivity (Wildman–Crippen MR) is 135 cm³/mol. The first kappa shape index (κ1) is 25.3. The summed E-state index contributed by atoms with van der Waals surface area (Å²) in [7, 11) is 0. The van der Waals surface area contributed by atoms with Gasteiger partial charge in [-0.25, -0.2) is 4.79 Å². The highest BCUT2D eigenvalue weighted by Gasteiger charge is 2.31. The Kier molecular flexibility index (Phi) is 11.1. The van der Waals surface area contributed by atoms with Crippen molar-refractivity contribution in [1.82, 2.24) is 0 Å². The number of ether oxygens (including phenoxy) is 1. The Morgan fingerprint density at radius 3 is 1.97 bits per heavy atom. The molecule has 0 aliphatic heterocycles. The average Bonchev–Trinajstić information content (AvgIpc) is 2.84. The van der Waals surface area contributed by atoms with Gasteiger partial charge in [0.1, 0.15) is 0 Å². The Morgan fingerprint density at radius 1 is 0.750 bits per heavy atom. The summed E-state index contributed by atoms with van der Waals surface area (Å²) in [4.78, 5) is 12.3. The molecule has 2 nitrogen and oxygen atoms in total. The fourth-order valence-electron chi connectivity index (χ4n) is 6.30. The molecule has 0 saturated heterocycles. The number of rotatable bonds is 12. The van der Waals surface area contributed by atoms with E-state index in [1.54, 1.807) is 0 Å². The second-order valence-electron chi connectivity index (χ2n) is 10.7. The van der Waals surface area contributed by atoms with Crippen LogP contribution in [0.3, 0.4) is 0 Å². The number of benzene rings is 1. The Bertz CT molecular complexity index is 633. The molecule has 1 aromatic rings. The predicted octanol–water partition coefficient (Wildman–Crippen LogP) is 9.08. The highest BCUT2D eigenvalue weighted by molar-refractivity contribution is 5.89. The van der Waals surface area contributed by atoms with E-state index in [1.165, 1.54) is 95.5 Å². The van der Waals surface area contributed by atoms with Gasteiger partial charge in [-0.2, -0.15) is 0 Å². The minimum atomic E-state index is -0.160. The minimum absolute atomic E-state index is 0.160. The maximum atomic E-state index is 12.3. The summed E-state index contributed by atoms with van der Waals surface area (Å²) in [6.45, 7) is 5.12. The molecular formula is C30H48O2. The molecule has 0 atom stereocenters. The zero-order chi connectivity index (χ0) is 22.6. The molecule has 1 aromatic carbocycles. The van der Waals surface area contributed by atoms with Gasteiger partial charge in [0.25, 0.3) is 0 Å². The molecule has 2 heteroatoms. The molecule has 0 radical (unpaired) electrons. The molecule has 2 fully saturated rings. The molecule has 32 heavy (non-hydrogen) atoms. The van der Waals surface area contributed by atoms with E-state index in [1.807, 2.05) is 12.1 Å². The van der Waals surface area contributed by atoms with Crippen LogP contribution >= 0.6 is 0 Å². The maximum absolute atomic E-state index is 12.3. The van der Waals surface area contributed by atoms with Gasteiger partial charge in [-0.3, -0.25) is 0 Å². The van der Waals surface area contributed by atoms with E-state index in [9.17, 15) is 4.79 Å². The molecule has 0 aromatic heterocycles. The van der Waals surface area contributed by atoms with Crippen molar-refractivity contribution in [1.29, 1.82) is 0 Å². The second kappa shape index (κ2) is 14.1. The Morgan fingerprint density at radius 2 is 1.34 bits per heavy atom. The first-order valence-electron chi connectivity index (χ1n) is 14.0. The lowest BCUT2D eigenvalue weighted by atomic mass is 9.68. The second-order valence-corrected chi connectivity index (χ2v) is 10.7. The van der Waals surface area contributed by atoms with E-state index in [4.69, 9.17) is 4.74 Å². The van der Waals surface area contributed by atoms with Crippen LogP contribution in [0, 0.1) is 17.8 Å². The summed E-state index contributed by atoms with van der Waals surface area (Å²) in [6.07, 6.45) is 21.4. The molecule has 0 amide bonds. The third kappa shape index (κ3) is 7.92. The van der Waals surface area contributed by atoms with Gasteiger partial charge in [-0.1, -0.05) is 83.8 Å². The molecule has 2 saturated carbocycles. The highest BCUT2D eigenvalue weighted by Crippen LogP contribution is 2.44. The SMILES string of the molecule is CCCCCCCCOC(=O)c1ccc([C@H]2CC[C@H]([C@H]3CC[C@H](CCC)CC3)CC2)cc1. The monoisotopic (exact) mass is 440 g/mol. The van der Waals surface area contributed by atoms with Crippen LogP contribution in [-0.2, 0) is 4.74 Å². The van der Waals surface area contributed by atoms with Gasteiger partial charge >= 0.3 is 5.97 Å². The molecule has 2 aliphatic carbocycles. The Balaban J connectivity index is 1.35. The van der Waals surface area contributed by atoms with Crippen molar-refractivity contribution in [2.24, 2.45) is 17.8 Å². The van der Waals surface area contributed by atoms with Gasteiger partial charge in [-0.05, 0) is 86.3 Å². The van der Waals surface area contributed by atoms with E-state index in [0.29, 0.717) is 18.1 Å². The van der Waals surface area contributed by atoms with E-state index in [0.717, 1.165) is 30.6 Å². The fourth-order valence-corrected chi connectivity index (χ4v) is 6.30. The van der Waals surface area contributed by atoms with E-state index >= 15 is 0 Å². The summed E-state index contributed by atoms with van der Waals surface area (Å²) in [6, 6.07) is 8.34. The summed E-state index contributed by atoms with van der Waals surface area (Å²) in [5.74, 6) is 3.49. The van der Waals surface area contributed by atoms with Gasteiger partial charge in [-0.15, -0.1) is 0 Å². The van der Waals surface area contributed by atoms with Crippen LogP contribution < -0.4 is 0 Å². The van der Waals surface area contributed by atoms with E-state index < -0.39 is 0 Å². The van der Waals surface area contributed by atoms with Crippen molar-refractivity contribution in [2.45, 2.75) is 122 Å². The quantitative estimate of drug-likeness (QED) is 0.239. The molecule has 0 spiro atoms. The lowest BCUT2D eigenvalue weighted by Crippen LogP contribution is -2.25. The van der Waals surface area contributed by atoms with Gasteiger partial charge in [0.2, 0.25) is 0 Å². The van der Waals surface area contributed by atoms with Gasteiger partial charge in [0.15, 0.2) is 0 Å². The standard InChI is InChI=1S/C30H48O2/c1-3-5-6-7-8-9-23-32-30(31)29-21-19-28(20-22-29)27-17-15-26(16-18-27)25-13-11-24(10-4-2)12-14-25/h19-22,24-27H,3-18,23H2,1-2H3/t24-,25-,26-,27-. The van der Waals surface area contributed by atoms with Crippen LogP contribution in [0.15, 0.2) is 24.3 Å². The van der Waals surface area contributed by atoms with Crippen molar-refractivity contribution in [2.75, 3.05) is 6.61 Å². The van der Waals surface area contributed by atoms with Crippen LogP contribution in [0.5, 0.6) is 0 Å². The molecule has 180 valence electrons. The zero-order valence-corrected chi connectivity index (χ0v) is 21.0. The fraction of sp³-hybridized carbons (Fsp3) is 0.767. The van der Waals surface area contributed by atoms with Gasteiger partial charge < -0.3 is 4.74 Å². The average molecular weight is 441 g/mol. The van der Waals surface area contributed by atoms with Crippen molar-refractivity contribution >= 4 is 5.97 Å². The zero-order valence-electron chi connectivity index (χ0n) is 21.0. The first-order chi connectivity index (χ1) is 15.7. The van der Waals surface area contributed by atoms with Crippen LogP contribution in [0.2, 0.25) is 0 Å². The topological polar surface area (TPSA) is 26.3 Å². The molecular weight excluding hydrogens is 392 g/mol. The smallest absolute Gasteiger partial charge is 0.338 e. The molecule has 2 aliphatic rings. The third-order valence-corrected chi connectivity index (χ3v) is 8.38. The maximum Gasteiger partial charge on any atom is 0.338 e. The number of unbranched alkanes of at least 4 members (excludes halogenated alkanes) is 5. The summed E-state index contributed by atoms with van der Waals surface area (Å²) in [5, 5.41) is 0. The Labute approximate surface area is 197 Å². The van der Waals surface area contributed by atoms with Crippen molar-refractivity contribution in [3.63, 3.8) is 0 Å². The Hall–Kier alpha value is -1.31. The highest BCUT2D eigenvalue weighted by atomic mass is 16.5. The number of esters is 1. The number of carbonyl (C=O) groups excluding carboxylic acids is 1. The van der Waals surface area contributed by atoms with E-state index in [-0.39, 0.29) is 5.97 Å². The first-order valence-corrected chi connectivity index (χ1v) is 14.0.